The number of ether oxygens (including phenoxy) is 1. The zero-order chi connectivity index (χ0) is 15.9. The first-order valence-corrected chi connectivity index (χ1v) is 7.89. The second-order valence-corrected chi connectivity index (χ2v) is 5.71. The van der Waals surface area contributed by atoms with Crippen LogP contribution in [-0.4, -0.2) is 35.9 Å². The maximum atomic E-state index is 12.4. The molecule has 2 amide bonds. The summed E-state index contributed by atoms with van der Waals surface area (Å²) < 4.78 is 5.73. The van der Waals surface area contributed by atoms with Gasteiger partial charge in [-0.1, -0.05) is 12.8 Å². The van der Waals surface area contributed by atoms with Crippen LogP contribution in [0.5, 0.6) is 5.75 Å². The maximum Gasteiger partial charge on any atom is 0.263 e. The minimum atomic E-state index is -0.496. The fourth-order valence-corrected chi connectivity index (χ4v) is 2.62. The molecule has 0 saturated carbocycles. The third-order valence-electron chi connectivity index (χ3n) is 3.75. The van der Waals surface area contributed by atoms with Crippen molar-refractivity contribution in [2.75, 3.05) is 18.4 Å². The van der Waals surface area contributed by atoms with Crippen LogP contribution in [0.1, 0.15) is 39.5 Å². The molecule has 1 fully saturated rings. The molecule has 1 N–H and O–H groups in total. The number of carbonyl (C=O) groups excluding carboxylic acids is 2. The van der Waals surface area contributed by atoms with Crippen LogP contribution < -0.4 is 10.1 Å². The fraction of sp³-hybridized carbons (Fsp3) is 0.529. The van der Waals surface area contributed by atoms with Crippen LogP contribution in [0.2, 0.25) is 0 Å². The lowest BCUT2D eigenvalue weighted by Crippen LogP contribution is -2.40. The van der Waals surface area contributed by atoms with E-state index in [1.165, 1.54) is 19.8 Å². The summed E-state index contributed by atoms with van der Waals surface area (Å²) in [6.07, 6.45) is 4.05. The summed E-state index contributed by atoms with van der Waals surface area (Å²) >= 11 is 0. The molecular weight excluding hydrogens is 280 g/mol. The van der Waals surface area contributed by atoms with E-state index in [1.54, 1.807) is 31.2 Å². The van der Waals surface area contributed by atoms with Gasteiger partial charge in [0.1, 0.15) is 5.75 Å². The van der Waals surface area contributed by atoms with Crippen molar-refractivity contribution in [1.82, 2.24) is 4.90 Å². The van der Waals surface area contributed by atoms with Crippen molar-refractivity contribution in [2.45, 2.75) is 45.6 Å². The minimum absolute atomic E-state index is 0.0489. The summed E-state index contributed by atoms with van der Waals surface area (Å²) in [5.41, 5.74) is 0.714. The monoisotopic (exact) mass is 304 g/mol. The number of likely N-dealkylation sites (tertiary alicyclic amines) is 1. The second kappa shape index (κ2) is 7.82. The molecule has 1 saturated heterocycles. The Bertz CT molecular complexity index is 505. The first-order valence-electron chi connectivity index (χ1n) is 7.89. The predicted molar refractivity (Wildman–Crippen MR) is 85.9 cm³/mol. The molecule has 0 aliphatic carbocycles. The van der Waals surface area contributed by atoms with Crippen molar-refractivity contribution >= 4 is 17.5 Å². The lowest BCUT2D eigenvalue weighted by Gasteiger charge is -2.24. The summed E-state index contributed by atoms with van der Waals surface area (Å²) in [6, 6.07) is 7.05. The molecular formula is C17H24N2O3. The number of benzene rings is 1. The average Bonchev–Trinajstić information content (AvgIpc) is 2.77. The third kappa shape index (κ3) is 4.76. The van der Waals surface area contributed by atoms with Gasteiger partial charge in [-0.15, -0.1) is 0 Å². The van der Waals surface area contributed by atoms with E-state index in [2.05, 4.69) is 5.32 Å². The highest BCUT2D eigenvalue weighted by Crippen LogP contribution is 2.18. The molecule has 0 radical (unpaired) electrons. The van der Waals surface area contributed by atoms with Gasteiger partial charge in [-0.25, -0.2) is 0 Å². The normalized spacial score (nSPS) is 16.5. The molecule has 1 heterocycles. The molecule has 120 valence electrons. The molecule has 0 spiro atoms. The molecule has 1 aromatic carbocycles. The van der Waals surface area contributed by atoms with E-state index in [0.29, 0.717) is 11.4 Å². The summed E-state index contributed by atoms with van der Waals surface area (Å²) in [7, 11) is 0. The van der Waals surface area contributed by atoms with Gasteiger partial charge in [0.15, 0.2) is 6.10 Å². The molecule has 5 heteroatoms. The van der Waals surface area contributed by atoms with Gasteiger partial charge in [0, 0.05) is 25.7 Å². The molecule has 0 aromatic heterocycles. The van der Waals surface area contributed by atoms with Crippen molar-refractivity contribution in [2.24, 2.45) is 0 Å². The molecule has 1 aliphatic rings. The molecule has 0 unspecified atom stereocenters. The number of carbonyl (C=O) groups is 2. The largest absolute Gasteiger partial charge is 0.481 e. The number of rotatable bonds is 4. The number of amides is 2. The number of nitrogens with zero attached hydrogens (tertiary/aromatic N) is 1. The van der Waals surface area contributed by atoms with Crippen LogP contribution in [-0.2, 0) is 9.59 Å². The second-order valence-electron chi connectivity index (χ2n) is 5.71. The van der Waals surface area contributed by atoms with Crippen molar-refractivity contribution in [3.8, 4) is 5.75 Å². The zero-order valence-electron chi connectivity index (χ0n) is 13.3. The summed E-state index contributed by atoms with van der Waals surface area (Å²) in [5.74, 6) is 0.566. The van der Waals surface area contributed by atoms with E-state index < -0.39 is 6.10 Å². The molecule has 1 atom stereocenters. The van der Waals surface area contributed by atoms with E-state index in [9.17, 15) is 9.59 Å². The Morgan fingerprint density at radius 2 is 1.68 bits per heavy atom. The Balaban J connectivity index is 1.91. The van der Waals surface area contributed by atoms with E-state index in [1.807, 2.05) is 4.90 Å². The molecule has 22 heavy (non-hydrogen) atoms. The first-order chi connectivity index (χ1) is 10.6. The van der Waals surface area contributed by atoms with Gasteiger partial charge in [-0.05, 0) is 44.0 Å². The Hall–Kier alpha value is -2.04. The van der Waals surface area contributed by atoms with Crippen LogP contribution in [0.25, 0.3) is 0 Å². The van der Waals surface area contributed by atoms with Crippen molar-refractivity contribution in [3.63, 3.8) is 0 Å². The number of nitrogens with one attached hydrogen (secondary N) is 1. The Labute approximate surface area is 131 Å². The standard InChI is InChI=1S/C17H24N2O3/c1-13(17(21)19-11-5-3-4-6-12-19)22-16-9-7-15(8-10-16)18-14(2)20/h7-10,13H,3-6,11-12H2,1-2H3,(H,18,20)/t13-/m0/s1. The Kier molecular flexibility index (Phi) is 5.81. The number of anilines is 1. The lowest BCUT2D eigenvalue weighted by atomic mass is 10.2. The first kappa shape index (κ1) is 16.3. The van der Waals surface area contributed by atoms with Crippen molar-refractivity contribution in [1.29, 1.82) is 0 Å². The fourth-order valence-electron chi connectivity index (χ4n) is 2.62. The van der Waals surface area contributed by atoms with E-state index in [-0.39, 0.29) is 11.8 Å². The van der Waals surface area contributed by atoms with E-state index >= 15 is 0 Å². The smallest absolute Gasteiger partial charge is 0.263 e. The molecule has 1 aromatic rings. The van der Waals surface area contributed by atoms with Crippen LogP contribution in [0, 0.1) is 0 Å². The van der Waals surface area contributed by atoms with Gasteiger partial charge in [0.2, 0.25) is 5.91 Å². The average molecular weight is 304 g/mol. The SMILES string of the molecule is CC(=O)Nc1ccc(O[C@@H](C)C(=O)N2CCCCCC2)cc1. The summed E-state index contributed by atoms with van der Waals surface area (Å²) in [6.45, 7) is 4.91. The summed E-state index contributed by atoms with van der Waals surface area (Å²) in [5, 5.41) is 2.70. The highest BCUT2D eigenvalue weighted by molar-refractivity contribution is 5.88. The number of hydrogen-bond donors (Lipinski definition) is 1. The Morgan fingerprint density at radius 1 is 1.09 bits per heavy atom. The third-order valence-corrected chi connectivity index (χ3v) is 3.75. The highest BCUT2D eigenvalue weighted by atomic mass is 16.5. The Morgan fingerprint density at radius 3 is 2.23 bits per heavy atom. The number of hydrogen-bond acceptors (Lipinski definition) is 3. The maximum absolute atomic E-state index is 12.4. The van der Waals surface area contributed by atoms with Gasteiger partial charge in [-0.2, -0.15) is 0 Å². The van der Waals surface area contributed by atoms with Gasteiger partial charge in [-0.3, -0.25) is 9.59 Å². The summed E-state index contributed by atoms with van der Waals surface area (Å²) in [4.78, 5) is 25.3. The molecule has 1 aliphatic heterocycles. The molecule has 2 rings (SSSR count). The zero-order valence-corrected chi connectivity index (χ0v) is 13.3. The van der Waals surface area contributed by atoms with Crippen LogP contribution in [0.15, 0.2) is 24.3 Å². The van der Waals surface area contributed by atoms with Gasteiger partial charge < -0.3 is 15.0 Å². The van der Waals surface area contributed by atoms with E-state index in [4.69, 9.17) is 4.74 Å². The minimum Gasteiger partial charge on any atom is -0.481 e. The molecule has 0 bridgehead atoms. The highest BCUT2D eigenvalue weighted by Gasteiger charge is 2.22. The van der Waals surface area contributed by atoms with Crippen LogP contribution in [0.3, 0.4) is 0 Å². The van der Waals surface area contributed by atoms with Crippen LogP contribution >= 0.6 is 0 Å². The van der Waals surface area contributed by atoms with Crippen LogP contribution in [0.4, 0.5) is 5.69 Å². The van der Waals surface area contributed by atoms with Crippen molar-refractivity contribution in [3.05, 3.63) is 24.3 Å². The molecule has 5 nitrogen and oxygen atoms in total. The predicted octanol–water partition coefficient (Wildman–Crippen LogP) is 2.81. The lowest BCUT2D eigenvalue weighted by molar-refractivity contribution is -0.137. The van der Waals surface area contributed by atoms with Crippen molar-refractivity contribution < 1.29 is 14.3 Å². The topological polar surface area (TPSA) is 58.6 Å². The quantitative estimate of drug-likeness (QED) is 0.930. The van der Waals surface area contributed by atoms with Gasteiger partial charge in [0.05, 0.1) is 0 Å². The van der Waals surface area contributed by atoms with Gasteiger partial charge >= 0.3 is 0 Å². The van der Waals surface area contributed by atoms with E-state index in [0.717, 1.165) is 25.9 Å². The van der Waals surface area contributed by atoms with Gasteiger partial charge in [0.25, 0.3) is 5.91 Å².